The number of hydrogen-bond donors (Lipinski definition) is 1. The van der Waals surface area contributed by atoms with Crippen molar-refractivity contribution < 1.29 is 4.74 Å². The van der Waals surface area contributed by atoms with Crippen molar-refractivity contribution in [3.8, 4) is 0 Å². The monoisotopic (exact) mass is 171 g/mol. The minimum absolute atomic E-state index is 0.0232. The third-order valence-corrected chi connectivity index (χ3v) is 3.47. The van der Waals surface area contributed by atoms with E-state index in [1.807, 2.05) is 0 Å². The largest absolute Gasteiger partial charge is 0.377 e. The van der Waals surface area contributed by atoms with Gasteiger partial charge in [-0.3, -0.25) is 0 Å². The standard InChI is InChI=1S/C10H21NO/c1-4-8(2)9(11)10(12-3)6-5-7-10/h8-9H,4-7,11H2,1-3H3. The predicted octanol–water partition coefficient (Wildman–Crippen LogP) is 1.93. The second-order valence-electron chi connectivity index (χ2n) is 4.03. The Morgan fingerprint density at radius 2 is 2.08 bits per heavy atom. The maximum atomic E-state index is 6.15. The number of nitrogens with two attached hydrogens (primary N) is 1. The number of methoxy groups -OCH3 is 1. The normalized spacial score (nSPS) is 26.0. The van der Waals surface area contributed by atoms with Crippen LogP contribution in [-0.4, -0.2) is 18.8 Å². The second-order valence-corrected chi connectivity index (χ2v) is 4.03. The summed E-state index contributed by atoms with van der Waals surface area (Å²) in [5, 5.41) is 0. The highest BCUT2D eigenvalue weighted by atomic mass is 16.5. The van der Waals surface area contributed by atoms with Gasteiger partial charge in [0.2, 0.25) is 0 Å². The first-order valence-corrected chi connectivity index (χ1v) is 4.97. The summed E-state index contributed by atoms with van der Waals surface area (Å²) in [4.78, 5) is 0. The summed E-state index contributed by atoms with van der Waals surface area (Å²) >= 11 is 0. The van der Waals surface area contributed by atoms with Crippen molar-refractivity contribution in [3.05, 3.63) is 0 Å². The van der Waals surface area contributed by atoms with Crippen molar-refractivity contribution in [3.63, 3.8) is 0 Å². The molecule has 0 amide bonds. The zero-order chi connectivity index (χ0) is 9.19. The van der Waals surface area contributed by atoms with Crippen molar-refractivity contribution in [2.45, 2.75) is 51.2 Å². The van der Waals surface area contributed by atoms with Crippen molar-refractivity contribution in [1.82, 2.24) is 0 Å². The van der Waals surface area contributed by atoms with Gasteiger partial charge in [-0.05, 0) is 25.2 Å². The van der Waals surface area contributed by atoms with Crippen LogP contribution in [-0.2, 0) is 4.74 Å². The quantitative estimate of drug-likeness (QED) is 0.701. The minimum Gasteiger partial charge on any atom is -0.377 e. The highest BCUT2D eigenvalue weighted by Crippen LogP contribution is 2.39. The average Bonchev–Trinajstić information content (AvgIpc) is 2.02. The molecule has 0 aromatic heterocycles. The molecule has 1 fully saturated rings. The predicted molar refractivity (Wildman–Crippen MR) is 51.0 cm³/mol. The topological polar surface area (TPSA) is 35.2 Å². The van der Waals surface area contributed by atoms with Crippen LogP contribution in [0.5, 0.6) is 0 Å². The lowest BCUT2D eigenvalue weighted by Gasteiger charge is -2.47. The molecule has 0 saturated heterocycles. The van der Waals surface area contributed by atoms with Gasteiger partial charge < -0.3 is 10.5 Å². The van der Waals surface area contributed by atoms with Gasteiger partial charge >= 0.3 is 0 Å². The molecular weight excluding hydrogens is 150 g/mol. The van der Waals surface area contributed by atoms with E-state index in [0.717, 1.165) is 19.3 Å². The van der Waals surface area contributed by atoms with E-state index in [0.29, 0.717) is 5.92 Å². The van der Waals surface area contributed by atoms with Gasteiger partial charge in [-0.15, -0.1) is 0 Å². The van der Waals surface area contributed by atoms with Crippen molar-refractivity contribution >= 4 is 0 Å². The van der Waals surface area contributed by atoms with Crippen LogP contribution in [0.25, 0.3) is 0 Å². The molecule has 0 heterocycles. The van der Waals surface area contributed by atoms with E-state index >= 15 is 0 Å². The maximum absolute atomic E-state index is 6.15. The molecule has 2 N–H and O–H groups in total. The Kier molecular flexibility index (Phi) is 3.13. The molecule has 2 atom stereocenters. The summed E-state index contributed by atoms with van der Waals surface area (Å²) in [5.74, 6) is 0.574. The molecule has 1 aliphatic rings. The van der Waals surface area contributed by atoms with Crippen molar-refractivity contribution in [1.29, 1.82) is 0 Å². The first-order valence-electron chi connectivity index (χ1n) is 4.97. The van der Waals surface area contributed by atoms with E-state index in [1.54, 1.807) is 7.11 Å². The van der Waals surface area contributed by atoms with E-state index < -0.39 is 0 Å². The molecule has 1 saturated carbocycles. The van der Waals surface area contributed by atoms with Gasteiger partial charge in [-0.1, -0.05) is 20.3 Å². The maximum Gasteiger partial charge on any atom is 0.0831 e. The van der Waals surface area contributed by atoms with Gasteiger partial charge in [0.1, 0.15) is 0 Å². The van der Waals surface area contributed by atoms with Gasteiger partial charge in [0, 0.05) is 13.2 Å². The molecule has 2 heteroatoms. The first kappa shape index (κ1) is 10.0. The Morgan fingerprint density at radius 1 is 1.50 bits per heavy atom. The average molecular weight is 171 g/mol. The molecule has 2 unspecified atom stereocenters. The van der Waals surface area contributed by atoms with Crippen LogP contribution in [0.3, 0.4) is 0 Å². The molecule has 0 aliphatic heterocycles. The fourth-order valence-electron chi connectivity index (χ4n) is 1.97. The Hall–Kier alpha value is -0.0800. The highest BCUT2D eigenvalue weighted by molar-refractivity contribution is 4.99. The summed E-state index contributed by atoms with van der Waals surface area (Å²) < 4.78 is 5.53. The van der Waals surface area contributed by atoms with Gasteiger partial charge in [0.15, 0.2) is 0 Å². The Bertz CT molecular complexity index is 137. The van der Waals surface area contributed by atoms with Gasteiger partial charge in [-0.2, -0.15) is 0 Å². The lowest BCUT2D eigenvalue weighted by Crippen LogP contribution is -2.57. The molecule has 0 spiro atoms. The molecular formula is C10H21NO. The smallest absolute Gasteiger partial charge is 0.0831 e. The van der Waals surface area contributed by atoms with Crippen molar-refractivity contribution in [2.24, 2.45) is 11.7 Å². The van der Waals surface area contributed by atoms with Crippen LogP contribution in [0.15, 0.2) is 0 Å². The molecule has 1 rings (SSSR count). The summed E-state index contributed by atoms with van der Waals surface area (Å²) in [6.45, 7) is 4.40. The van der Waals surface area contributed by atoms with Crippen LogP contribution in [0.1, 0.15) is 39.5 Å². The lowest BCUT2D eigenvalue weighted by molar-refractivity contribution is -0.101. The van der Waals surface area contributed by atoms with E-state index in [4.69, 9.17) is 10.5 Å². The van der Waals surface area contributed by atoms with E-state index in [2.05, 4.69) is 13.8 Å². The summed E-state index contributed by atoms with van der Waals surface area (Å²) in [5.41, 5.74) is 6.18. The molecule has 0 aromatic rings. The number of rotatable bonds is 4. The zero-order valence-electron chi connectivity index (χ0n) is 8.47. The Balaban J connectivity index is 2.53. The molecule has 0 aromatic carbocycles. The molecule has 0 bridgehead atoms. The van der Waals surface area contributed by atoms with E-state index in [-0.39, 0.29) is 11.6 Å². The van der Waals surface area contributed by atoms with Crippen LogP contribution in [0, 0.1) is 5.92 Å². The van der Waals surface area contributed by atoms with Crippen LogP contribution in [0.4, 0.5) is 0 Å². The number of ether oxygens (including phenoxy) is 1. The minimum atomic E-state index is 0.0232. The van der Waals surface area contributed by atoms with Gasteiger partial charge in [-0.25, -0.2) is 0 Å². The highest BCUT2D eigenvalue weighted by Gasteiger charge is 2.44. The van der Waals surface area contributed by atoms with E-state index in [1.165, 1.54) is 6.42 Å². The molecule has 12 heavy (non-hydrogen) atoms. The summed E-state index contributed by atoms with van der Waals surface area (Å²) in [7, 11) is 1.79. The summed E-state index contributed by atoms with van der Waals surface area (Å²) in [6.07, 6.45) is 4.72. The van der Waals surface area contributed by atoms with Crippen LogP contribution < -0.4 is 5.73 Å². The molecule has 72 valence electrons. The number of hydrogen-bond acceptors (Lipinski definition) is 2. The van der Waals surface area contributed by atoms with Crippen molar-refractivity contribution in [2.75, 3.05) is 7.11 Å². The fourth-order valence-corrected chi connectivity index (χ4v) is 1.97. The van der Waals surface area contributed by atoms with Gasteiger partial charge in [0.05, 0.1) is 5.60 Å². The third kappa shape index (κ3) is 1.50. The molecule has 0 radical (unpaired) electrons. The molecule has 2 nitrogen and oxygen atoms in total. The second kappa shape index (κ2) is 3.75. The van der Waals surface area contributed by atoms with E-state index in [9.17, 15) is 0 Å². The lowest BCUT2D eigenvalue weighted by atomic mass is 9.70. The fraction of sp³-hybridized carbons (Fsp3) is 1.00. The Labute approximate surface area is 75.5 Å². The zero-order valence-corrected chi connectivity index (χ0v) is 8.47. The Morgan fingerprint density at radius 3 is 2.33 bits per heavy atom. The van der Waals surface area contributed by atoms with Crippen LogP contribution >= 0.6 is 0 Å². The third-order valence-electron chi connectivity index (χ3n) is 3.47. The SMILES string of the molecule is CCC(C)C(N)C1(OC)CCC1. The molecule has 1 aliphatic carbocycles. The first-order chi connectivity index (χ1) is 5.66. The summed E-state index contributed by atoms with van der Waals surface area (Å²) in [6, 6.07) is 0.223. The van der Waals surface area contributed by atoms with Gasteiger partial charge in [0.25, 0.3) is 0 Å². The van der Waals surface area contributed by atoms with Crippen LogP contribution in [0.2, 0.25) is 0 Å².